The van der Waals surface area contributed by atoms with E-state index in [1.165, 1.54) is 11.1 Å². The molecule has 1 saturated heterocycles. The molecule has 2 atom stereocenters. The van der Waals surface area contributed by atoms with E-state index >= 15 is 0 Å². The highest BCUT2D eigenvalue weighted by Crippen LogP contribution is 2.36. The summed E-state index contributed by atoms with van der Waals surface area (Å²) >= 11 is 0. The lowest BCUT2D eigenvalue weighted by Crippen LogP contribution is -2.34. The van der Waals surface area contributed by atoms with Crippen molar-refractivity contribution in [2.24, 2.45) is 5.92 Å². The van der Waals surface area contributed by atoms with E-state index in [9.17, 15) is 0 Å². The summed E-state index contributed by atoms with van der Waals surface area (Å²) in [5, 5.41) is 12.7. The Kier molecular flexibility index (Phi) is 4.33. The van der Waals surface area contributed by atoms with Gasteiger partial charge in [0.1, 0.15) is 0 Å². The molecule has 0 saturated carbocycles. The lowest BCUT2D eigenvalue weighted by Gasteiger charge is -2.29. The van der Waals surface area contributed by atoms with Gasteiger partial charge < -0.3 is 5.32 Å². The molecule has 2 nitrogen and oxygen atoms in total. The monoisotopic (exact) mass is 276 g/mol. The molecule has 1 fully saturated rings. The average molecular weight is 276 g/mol. The van der Waals surface area contributed by atoms with E-state index in [0.29, 0.717) is 24.3 Å². The Hall–Kier alpha value is -2.11. The molecular weight excluding hydrogens is 256 g/mol. The van der Waals surface area contributed by atoms with Crippen molar-refractivity contribution < 1.29 is 0 Å². The van der Waals surface area contributed by atoms with Crippen LogP contribution in [0, 0.1) is 17.2 Å². The van der Waals surface area contributed by atoms with Crippen LogP contribution in [0.2, 0.25) is 0 Å². The summed E-state index contributed by atoms with van der Waals surface area (Å²) in [5.41, 5.74) is 2.65. The molecule has 106 valence electrons. The van der Waals surface area contributed by atoms with Crippen LogP contribution < -0.4 is 5.32 Å². The minimum absolute atomic E-state index is 0.313. The minimum Gasteiger partial charge on any atom is -0.313 e. The summed E-state index contributed by atoms with van der Waals surface area (Å²) in [5.74, 6) is 0.744. The molecule has 0 aromatic heterocycles. The van der Waals surface area contributed by atoms with Gasteiger partial charge >= 0.3 is 0 Å². The van der Waals surface area contributed by atoms with Crippen molar-refractivity contribution in [2.45, 2.75) is 24.8 Å². The molecule has 0 radical (unpaired) electrons. The number of hydrogen-bond acceptors (Lipinski definition) is 2. The molecule has 1 N–H and O–H groups in total. The van der Waals surface area contributed by atoms with Gasteiger partial charge in [0.25, 0.3) is 0 Å². The molecule has 0 bridgehead atoms. The van der Waals surface area contributed by atoms with Crippen molar-refractivity contribution >= 4 is 0 Å². The highest BCUT2D eigenvalue weighted by molar-refractivity contribution is 5.35. The smallest absolute Gasteiger partial charge is 0.0625 e. The summed E-state index contributed by atoms with van der Waals surface area (Å²) in [4.78, 5) is 0. The zero-order valence-electron chi connectivity index (χ0n) is 12.1. The van der Waals surface area contributed by atoms with Crippen LogP contribution in [0.3, 0.4) is 0 Å². The van der Waals surface area contributed by atoms with E-state index in [4.69, 9.17) is 5.26 Å². The fourth-order valence-electron chi connectivity index (χ4n) is 3.45. The van der Waals surface area contributed by atoms with Gasteiger partial charge in [0.15, 0.2) is 0 Å². The van der Waals surface area contributed by atoms with Crippen LogP contribution >= 0.6 is 0 Å². The average Bonchev–Trinajstić information content (AvgIpc) is 2.98. The fraction of sp³-hybridized carbons (Fsp3) is 0.316. The number of rotatable bonds is 4. The Morgan fingerprint density at radius 1 is 1.00 bits per heavy atom. The van der Waals surface area contributed by atoms with E-state index in [0.717, 1.165) is 13.0 Å². The van der Waals surface area contributed by atoms with Crippen LogP contribution in [-0.2, 0) is 0 Å². The molecule has 2 heteroatoms. The van der Waals surface area contributed by atoms with Crippen LogP contribution in [0.15, 0.2) is 60.7 Å². The van der Waals surface area contributed by atoms with Crippen LogP contribution in [0.5, 0.6) is 0 Å². The topological polar surface area (TPSA) is 35.8 Å². The van der Waals surface area contributed by atoms with E-state index in [2.05, 4.69) is 72.0 Å². The maximum absolute atomic E-state index is 9.09. The maximum atomic E-state index is 9.09. The molecule has 2 aromatic carbocycles. The predicted octanol–water partition coefficient (Wildman–Crippen LogP) is 3.71. The molecule has 3 rings (SSSR count). The Bertz CT molecular complexity index is 561. The van der Waals surface area contributed by atoms with Gasteiger partial charge in [-0.2, -0.15) is 5.26 Å². The fourth-order valence-corrected chi connectivity index (χ4v) is 3.45. The van der Waals surface area contributed by atoms with Crippen molar-refractivity contribution in [3.8, 4) is 6.07 Å². The third kappa shape index (κ3) is 2.99. The Morgan fingerprint density at radius 3 is 2.10 bits per heavy atom. The third-order valence-electron chi connectivity index (χ3n) is 4.43. The normalized spacial score (nSPS) is 21.3. The maximum Gasteiger partial charge on any atom is 0.0625 e. The minimum atomic E-state index is 0.313. The molecule has 0 spiro atoms. The SMILES string of the molecule is N#CCC1CCNC1C(c1ccccc1)c1ccccc1. The second-order valence-corrected chi connectivity index (χ2v) is 5.69. The summed E-state index contributed by atoms with van der Waals surface area (Å²) < 4.78 is 0. The first-order valence-electron chi connectivity index (χ1n) is 7.60. The highest BCUT2D eigenvalue weighted by atomic mass is 15.0. The second kappa shape index (κ2) is 6.56. The highest BCUT2D eigenvalue weighted by Gasteiger charge is 2.34. The Balaban J connectivity index is 1.99. The van der Waals surface area contributed by atoms with Crippen molar-refractivity contribution in [2.75, 3.05) is 6.54 Å². The van der Waals surface area contributed by atoms with E-state index in [1.807, 2.05) is 0 Å². The van der Waals surface area contributed by atoms with Gasteiger partial charge in [-0.3, -0.25) is 0 Å². The summed E-state index contributed by atoms with van der Waals surface area (Å²) in [7, 11) is 0. The summed E-state index contributed by atoms with van der Waals surface area (Å²) in [6.45, 7) is 1.01. The largest absolute Gasteiger partial charge is 0.313 e. The van der Waals surface area contributed by atoms with Crippen LogP contribution in [-0.4, -0.2) is 12.6 Å². The molecule has 21 heavy (non-hydrogen) atoms. The lowest BCUT2D eigenvalue weighted by molar-refractivity contribution is 0.416. The molecule has 1 aliphatic heterocycles. The van der Waals surface area contributed by atoms with Gasteiger partial charge in [0, 0.05) is 18.4 Å². The molecule has 2 aromatic rings. The van der Waals surface area contributed by atoms with E-state index in [-0.39, 0.29) is 0 Å². The van der Waals surface area contributed by atoms with E-state index < -0.39 is 0 Å². The molecule has 2 unspecified atom stereocenters. The molecule has 0 aliphatic carbocycles. The van der Waals surface area contributed by atoms with Gasteiger partial charge in [-0.05, 0) is 30.0 Å². The third-order valence-corrected chi connectivity index (χ3v) is 4.43. The van der Waals surface area contributed by atoms with E-state index in [1.54, 1.807) is 0 Å². The van der Waals surface area contributed by atoms with Gasteiger partial charge in [-0.15, -0.1) is 0 Å². The molecule has 1 heterocycles. The molecule has 1 aliphatic rings. The number of nitriles is 1. The first-order chi connectivity index (χ1) is 10.4. The first-order valence-corrected chi connectivity index (χ1v) is 7.60. The number of nitrogens with one attached hydrogen (secondary N) is 1. The van der Waals surface area contributed by atoms with Crippen LogP contribution in [0.1, 0.15) is 29.9 Å². The van der Waals surface area contributed by atoms with Crippen molar-refractivity contribution in [3.63, 3.8) is 0 Å². The Labute approximate surface area is 126 Å². The summed E-state index contributed by atoms with van der Waals surface area (Å²) in [6, 6.07) is 24.0. The van der Waals surface area contributed by atoms with Gasteiger partial charge in [0.2, 0.25) is 0 Å². The summed E-state index contributed by atoms with van der Waals surface area (Å²) in [6.07, 6.45) is 1.72. The van der Waals surface area contributed by atoms with Crippen molar-refractivity contribution in [3.05, 3.63) is 71.8 Å². The predicted molar refractivity (Wildman–Crippen MR) is 84.9 cm³/mol. The lowest BCUT2D eigenvalue weighted by atomic mass is 9.79. The van der Waals surface area contributed by atoms with Gasteiger partial charge in [-0.25, -0.2) is 0 Å². The van der Waals surface area contributed by atoms with Gasteiger partial charge in [-0.1, -0.05) is 60.7 Å². The standard InChI is InChI=1S/C19H20N2/c20-13-11-17-12-14-21-19(17)18(15-7-3-1-4-8-15)16-9-5-2-6-10-16/h1-10,17-19,21H,11-12,14H2. The first kappa shape index (κ1) is 13.9. The number of hydrogen-bond donors (Lipinski definition) is 1. The quantitative estimate of drug-likeness (QED) is 0.924. The van der Waals surface area contributed by atoms with Crippen LogP contribution in [0.4, 0.5) is 0 Å². The van der Waals surface area contributed by atoms with Gasteiger partial charge in [0.05, 0.1) is 6.07 Å². The zero-order chi connectivity index (χ0) is 14.5. The number of benzene rings is 2. The van der Waals surface area contributed by atoms with Crippen molar-refractivity contribution in [1.82, 2.24) is 5.32 Å². The Morgan fingerprint density at radius 2 is 1.57 bits per heavy atom. The van der Waals surface area contributed by atoms with Crippen molar-refractivity contribution in [1.29, 1.82) is 5.26 Å². The van der Waals surface area contributed by atoms with Crippen LogP contribution in [0.25, 0.3) is 0 Å². The molecule has 0 amide bonds. The molecular formula is C19H20N2. The zero-order valence-corrected chi connectivity index (χ0v) is 12.1. The number of nitrogens with zero attached hydrogens (tertiary/aromatic N) is 1. The second-order valence-electron chi connectivity index (χ2n) is 5.69.